The summed E-state index contributed by atoms with van der Waals surface area (Å²) >= 11 is 0. The van der Waals surface area contributed by atoms with Crippen molar-refractivity contribution in [3.05, 3.63) is 119 Å². The molecule has 0 bridgehead atoms. The van der Waals surface area contributed by atoms with E-state index in [1.54, 1.807) is 9.80 Å². The number of H-pyrrole nitrogens is 2. The minimum atomic E-state index is -1.22. The molecule has 7 rings (SSSR count). The zero-order chi connectivity index (χ0) is 30.0. The molecule has 0 radical (unpaired) electrons. The summed E-state index contributed by atoms with van der Waals surface area (Å²) in [6, 6.07) is 29.1. The molecule has 44 heavy (non-hydrogen) atoms. The second-order valence-electron chi connectivity index (χ2n) is 11.3. The van der Waals surface area contributed by atoms with Gasteiger partial charge >= 0.3 is 6.03 Å². The lowest BCUT2D eigenvalue weighted by Crippen LogP contribution is -2.50. The molecule has 1 aliphatic heterocycles. The average Bonchev–Trinajstić information content (AvgIpc) is 3.72. The van der Waals surface area contributed by atoms with E-state index >= 15 is 0 Å². The Labute approximate surface area is 253 Å². The first kappa shape index (κ1) is 27.7. The fourth-order valence-electron chi connectivity index (χ4n) is 6.18. The van der Waals surface area contributed by atoms with Gasteiger partial charge in [-0.25, -0.2) is 4.79 Å². The third kappa shape index (κ3) is 5.50. The van der Waals surface area contributed by atoms with Crippen LogP contribution in [0.3, 0.4) is 0 Å². The second kappa shape index (κ2) is 11.9. The molecule has 6 aromatic rings. The van der Waals surface area contributed by atoms with Crippen molar-refractivity contribution in [1.82, 2.24) is 40.6 Å². The number of aliphatic hydroxyl groups is 2. The summed E-state index contributed by atoms with van der Waals surface area (Å²) < 4.78 is 0. The molecule has 4 atom stereocenters. The Balaban J connectivity index is 1.31. The maximum absolute atomic E-state index is 14.8. The largest absolute Gasteiger partial charge is 0.388 e. The summed E-state index contributed by atoms with van der Waals surface area (Å²) in [6.45, 7) is 0.416. The van der Waals surface area contributed by atoms with Crippen molar-refractivity contribution >= 4 is 28.1 Å². The van der Waals surface area contributed by atoms with E-state index in [0.29, 0.717) is 23.9 Å². The van der Waals surface area contributed by atoms with Gasteiger partial charge in [-0.05, 0) is 59.4 Å². The van der Waals surface area contributed by atoms with Crippen molar-refractivity contribution in [3.63, 3.8) is 0 Å². The summed E-state index contributed by atoms with van der Waals surface area (Å²) in [5.41, 5.74) is 6.40. The number of fused-ring (bicyclic) bond motifs is 2. The molecule has 0 saturated carbocycles. The van der Waals surface area contributed by atoms with Gasteiger partial charge in [-0.15, -0.1) is 0 Å². The normalized spacial score (nSPS) is 20.8. The minimum absolute atomic E-state index is 0.208. The number of nitrogens with zero attached hydrogens (tertiary/aromatic N) is 6. The number of carbonyl (C=O) groups excluding carboxylic acids is 1. The van der Waals surface area contributed by atoms with E-state index in [0.717, 1.165) is 33.3 Å². The van der Waals surface area contributed by atoms with E-state index in [9.17, 15) is 15.0 Å². The van der Waals surface area contributed by atoms with E-state index in [-0.39, 0.29) is 19.1 Å². The highest BCUT2D eigenvalue weighted by atomic mass is 16.3. The maximum Gasteiger partial charge on any atom is 0.321 e. The highest BCUT2D eigenvalue weighted by Gasteiger charge is 2.46. The zero-order valence-corrected chi connectivity index (χ0v) is 23.9. The number of aromatic amines is 2. The van der Waals surface area contributed by atoms with Crippen LogP contribution in [0.4, 0.5) is 4.79 Å². The molecule has 0 unspecified atom stereocenters. The highest BCUT2D eigenvalue weighted by Crippen LogP contribution is 2.30. The number of aromatic nitrogens is 6. The fraction of sp³-hybridized carbons (Fsp3) is 0.242. The lowest BCUT2D eigenvalue weighted by Gasteiger charge is -2.35. The summed E-state index contributed by atoms with van der Waals surface area (Å²) in [4.78, 5) is 18.2. The highest BCUT2D eigenvalue weighted by molar-refractivity contribution is 5.78. The van der Waals surface area contributed by atoms with Crippen molar-refractivity contribution in [2.75, 3.05) is 0 Å². The van der Waals surface area contributed by atoms with E-state index in [1.807, 2.05) is 97.1 Å². The molecule has 4 N–H and O–H groups in total. The third-order valence-electron chi connectivity index (χ3n) is 8.47. The SMILES string of the molecule is O=C1N(Cc2ccc3n[nH]nc3c2)[C@H](Cc2ccccc2)[C@H](O)[C@@H](O)[C@@H](Cc2ccccc2)N1Cc1ccc2n[nH]nc2c1. The van der Waals surface area contributed by atoms with Crippen LogP contribution >= 0.6 is 0 Å². The number of carbonyl (C=O) groups is 1. The molecule has 3 heterocycles. The molecular weight excluding hydrogens is 556 g/mol. The first-order chi connectivity index (χ1) is 21.5. The molecule has 11 heteroatoms. The number of aliphatic hydroxyl groups excluding tert-OH is 2. The van der Waals surface area contributed by atoms with Crippen LogP contribution in [0.1, 0.15) is 22.3 Å². The Morgan fingerprint density at radius 1 is 0.545 bits per heavy atom. The molecule has 1 fully saturated rings. The zero-order valence-electron chi connectivity index (χ0n) is 23.9. The van der Waals surface area contributed by atoms with Gasteiger partial charge in [-0.3, -0.25) is 0 Å². The molecule has 1 aliphatic rings. The molecule has 1 saturated heterocycles. The van der Waals surface area contributed by atoms with Gasteiger partial charge in [0.25, 0.3) is 0 Å². The minimum Gasteiger partial charge on any atom is -0.388 e. The van der Waals surface area contributed by atoms with Gasteiger partial charge < -0.3 is 20.0 Å². The van der Waals surface area contributed by atoms with Crippen LogP contribution in [0.15, 0.2) is 97.1 Å². The van der Waals surface area contributed by atoms with Crippen molar-refractivity contribution in [2.24, 2.45) is 0 Å². The fourth-order valence-corrected chi connectivity index (χ4v) is 6.18. The molecule has 0 aliphatic carbocycles. The van der Waals surface area contributed by atoms with Crippen LogP contribution in [-0.4, -0.2) is 81.2 Å². The van der Waals surface area contributed by atoms with Crippen molar-refractivity contribution in [3.8, 4) is 0 Å². The van der Waals surface area contributed by atoms with Gasteiger partial charge in [0.1, 0.15) is 34.3 Å². The Hall–Kier alpha value is -5.13. The second-order valence-corrected chi connectivity index (χ2v) is 11.3. The number of rotatable bonds is 8. The number of amides is 2. The van der Waals surface area contributed by atoms with Crippen molar-refractivity contribution in [1.29, 1.82) is 0 Å². The Bertz CT molecular complexity index is 1740. The van der Waals surface area contributed by atoms with Gasteiger partial charge in [0.2, 0.25) is 0 Å². The number of benzene rings is 4. The summed E-state index contributed by atoms with van der Waals surface area (Å²) in [5, 5.41) is 45.8. The van der Waals surface area contributed by atoms with E-state index in [1.165, 1.54) is 0 Å². The van der Waals surface area contributed by atoms with E-state index in [4.69, 9.17) is 0 Å². The monoisotopic (exact) mass is 588 g/mol. The van der Waals surface area contributed by atoms with Crippen LogP contribution in [0.25, 0.3) is 22.1 Å². The quantitative estimate of drug-likeness (QED) is 0.212. The van der Waals surface area contributed by atoms with Crippen molar-refractivity contribution in [2.45, 2.75) is 50.2 Å². The van der Waals surface area contributed by atoms with Gasteiger partial charge in [-0.1, -0.05) is 72.8 Å². The maximum atomic E-state index is 14.8. The van der Waals surface area contributed by atoms with Crippen LogP contribution < -0.4 is 0 Å². The van der Waals surface area contributed by atoms with Crippen LogP contribution in [0.5, 0.6) is 0 Å². The summed E-state index contributed by atoms with van der Waals surface area (Å²) in [7, 11) is 0. The van der Waals surface area contributed by atoms with Crippen LogP contribution in [0.2, 0.25) is 0 Å². The molecule has 2 aromatic heterocycles. The third-order valence-corrected chi connectivity index (χ3v) is 8.47. The number of nitrogens with one attached hydrogen (secondary N) is 2. The van der Waals surface area contributed by atoms with Gasteiger partial charge in [0.15, 0.2) is 0 Å². The van der Waals surface area contributed by atoms with Gasteiger partial charge in [0, 0.05) is 13.1 Å². The van der Waals surface area contributed by atoms with E-state index < -0.39 is 24.3 Å². The average molecular weight is 589 g/mol. The number of hydrogen-bond acceptors (Lipinski definition) is 7. The molecule has 0 spiro atoms. The predicted octanol–water partition coefficient (Wildman–Crippen LogP) is 3.61. The molecule has 11 nitrogen and oxygen atoms in total. The smallest absolute Gasteiger partial charge is 0.321 e. The van der Waals surface area contributed by atoms with Crippen LogP contribution in [0, 0.1) is 0 Å². The first-order valence-corrected chi connectivity index (χ1v) is 14.6. The Morgan fingerprint density at radius 2 is 0.955 bits per heavy atom. The summed E-state index contributed by atoms with van der Waals surface area (Å²) in [5.74, 6) is 0. The molecule has 222 valence electrons. The standard InChI is InChI=1S/C33H32N8O3/c42-31-29(17-21-7-3-1-4-8-21)40(19-23-11-13-25-27(15-23)36-38-34-25)33(44)41(20-24-12-14-26-28(16-24)37-39-35-26)30(32(31)43)18-22-9-5-2-6-10-22/h1-16,29-32,42-43H,17-20H2,(H,34,36,38)(H,35,37,39)/t29-,30-,31+,32+/m1/s1. The van der Waals surface area contributed by atoms with E-state index in [2.05, 4.69) is 30.8 Å². The Kier molecular flexibility index (Phi) is 7.47. The van der Waals surface area contributed by atoms with Crippen molar-refractivity contribution < 1.29 is 15.0 Å². The lowest BCUT2D eigenvalue weighted by molar-refractivity contribution is -0.0408. The molecule has 4 aromatic carbocycles. The topological polar surface area (TPSA) is 147 Å². The lowest BCUT2D eigenvalue weighted by atomic mass is 9.91. The number of urea groups is 1. The molecule has 2 amide bonds. The first-order valence-electron chi connectivity index (χ1n) is 14.6. The van der Waals surface area contributed by atoms with Crippen LogP contribution in [-0.2, 0) is 25.9 Å². The predicted molar refractivity (Wildman–Crippen MR) is 164 cm³/mol. The molecular formula is C33H32N8O3. The summed E-state index contributed by atoms with van der Waals surface area (Å²) in [6.07, 6.45) is -1.69. The number of hydrogen-bond donors (Lipinski definition) is 4. The Morgan fingerprint density at radius 3 is 1.39 bits per heavy atom. The van der Waals surface area contributed by atoms with Gasteiger partial charge in [-0.2, -0.15) is 30.8 Å². The van der Waals surface area contributed by atoms with Gasteiger partial charge in [0.05, 0.1) is 12.1 Å².